The summed E-state index contributed by atoms with van der Waals surface area (Å²) in [6.45, 7) is 4.10. The van der Waals surface area contributed by atoms with Gasteiger partial charge >= 0.3 is 0 Å². The summed E-state index contributed by atoms with van der Waals surface area (Å²) in [4.78, 5) is 12.3. The van der Waals surface area contributed by atoms with Crippen LogP contribution in [-0.2, 0) is 6.42 Å². The molecule has 0 spiro atoms. The van der Waals surface area contributed by atoms with Crippen molar-refractivity contribution < 1.29 is 4.79 Å². The molecule has 2 nitrogen and oxygen atoms in total. The van der Waals surface area contributed by atoms with Crippen molar-refractivity contribution in [2.45, 2.75) is 20.3 Å². The van der Waals surface area contributed by atoms with Gasteiger partial charge in [0.25, 0.3) is 0 Å². The van der Waals surface area contributed by atoms with Crippen LogP contribution in [0.2, 0.25) is 0 Å². The molecule has 0 aliphatic heterocycles. The van der Waals surface area contributed by atoms with Gasteiger partial charge in [0.15, 0.2) is 5.78 Å². The SMILES string of the molecule is Cc1cc(Br)c(CC(=O)c2ccccc2N)cc1C. The molecule has 0 atom stereocenters. The number of aryl methyl sites for hydroxylation is 2. The van der Waals surface area contributed by atoms with Crippen LogP contribution in [0.1, 0.15) is 27.0 Å². The maximum atomic E-state index is 12.3. The van der Waals surface area contributed by atoms with Crippen molar-refractivity contribution in [1.29, 1.82) is 0 Å². The van der Waals surface area contributed by atoms with Gasteiger partial charge in [-0.3, -0.25) is 4.79 Å². The monoisotopic (exact) mass is 317 g/mol. The highest BCUT2D eigenvalue weighted by atomic mass is 79.9. The van der Waals surface area contributed by atoms with Crippen LogP contribution in [0, 0.1) is 13.8 Å². The fourth-order valence-electron chi connectivity index (χ4n) is 2.00. The molecule has 0 saturated carbocycles. The lowest BCUT2D eigenvalue weighted by Gasteiger charge is -2.09. The maximum absolute atomic E-state index is 12.3. The van der Waals surface area contributed by atoms with Crippen LogP contribution < -0.4 is 5.73 Å². The number of hydrogen-bond acceptors (Lipinski definition) is 2. The summed E-state index contributed by atoms with van der Waals surface area (Å²) in [5.41, 5.74) is 10.4. The fourth-order valence-corrected chi connectivity index (χ4v) is 2.59. The Morgan fingerprint density at radius 2 is 1.79 bits per heavy atom. The molecule has 0 bridgehead atoms. The number of nitrogens with two attached hydrogens (primary N) is 1. The standard InChI is InChI=1S/C16H16BrNO/c1-10-7-12(14(17)8-11(10)2)9-16(19)13-5-3-4-6-15(13)18/h3-8H,9,18H2,1-2H3. The number of halogens is 1. The molecule has 0 aliphatic rings. The third-order valence-electron chi connectivity index (χ3n) is 3.27. The van der Waals surface area contributed by atoms with Crippen LogP contribution in [0.5, 0.6) is 0 Å². The molecule has 2 aromatic carbocycles. The highest BCUT2D eigenvalue weighted by molar-refractivity contribution is 9.10. The second-order valence-electron chi connectivity index (χ2n) is 4.72. The summed E-state index contributed by atoms with van der Waals surface area (Å²) in [7, 11) is 0. The van der Waals surface area contributed by atoms with Crippen LogP contribution in [0.3, 0.4) is 0 Å². The zero-order chi connectivity index (χ0) is 14.0. The number of benzene rings is 2. The van der Waals surface area contributed by atoms with Gasteiger partial charge < -0.3 is 5.73 Å². The van der Waals surface area contributed by atoms with Gasteiger partial charge in [0, 0.05) is 22.1 Å². The molecule has 2 rings (SSSR count). The second-order valence-corrected chi connectivity index (χ2v) is 5.57. The molecule has 0 fully saturated rings. The molecule has 98 valence electrons. The molecule has 0 unspecified atom stereocenters. The minimum atomic E-state index is 0.0436. The largest absolute Gasteiger partial charge is 0.398 e. The van der Waals surface area contributed by atoms with Gasteiger partial charge in [-0.25, -0.2) is 0 Å². The molecule has 0 aliphatic carbocycles. The molecule has 19 heavy (non-hydrogen) atoms. The Hall–Kier alpha value is -1.61. The molecule has 0 aromatic heterocycles. The summed E-state index contributed by atoms with van der Waals surface area (Å²) in [5.74, 6) is 0.0436. The van der Waals surface area contributed by atoms with E-state index in [1.165, 1.54) is 11.1 Å². The Bertz CT molecular complexity index is 635. The van der Waals surface area contributed by atoms with E-state index in [1.807, 2.05) is 25.1 Å². The number of carbonyl (C=O) groups is 1. The van der Waals surface area contributed by atoms with Crippen molar-refractivity contribution in [3.05, 3.63) is 63.1 Å². The maximum Gasteiger partial charge on any atom is 0.169 e. The van der Waals surface area contributed by atoms with Crippen molar-refractivity contribution in [1.82, 2.24) is 0 Å². The van der Waals surface area contributed by atoms with Gasteiger partial charge in [0.05, 0.1) is 0 Å². The number of ketones is 1. The first-order valence-electron chi connectivity index (χ1n) is 6.12. The van der Waals surface area contributed by atoms with Gasteiger partial charge in [-0.15, -0.1) is 0 Å². The lowest BCUT2D eigenvalue weighted by Crippen LogP contribution is -2.07. The minimum absolute atomic E-state index is 0.0436. The first-order chi connectivity index (χ1) is 8.99. The van der Waals surface area contributed by atoms with E-state index >= 15 is 0 Å². The Labute approximate surface area is 121 Å². The first-order valence-corrected chi connectivity index (χ1v) is 6.91. The molecule has 0 saturated heterocycles. The summed E-state index contributed by atoms with van der Waals surface area (Å²) in [6.07, 6.45) is 0.357. The average Bonchev–Trinajstić information content (AvgIpc) is 2.36. The lowest BCUT2D eigenvalue weighted by molar-refractivity contribution is 0.0993. The Morgan fingerprint density at radius 3 is 2.47 bits per heavy atom. The third kappa shape index (κ3) is 3.04. The Balaban J connectivity index is 2.30. The number of nitrogen functional groups attached to an aromatic ring is 1. The van der Waals surface area contributed by atoms with Crippen LogP contribution in [0.25, 0.3) is 0 Å². The van der Waals surface area contributed by atoms with E-state index in [2.05, 4.69) is 28.9 Å². The molecule has 0 amide bonds. The van der Waals surface area contributed by atoms with Gasteiger partial charge in [-0.2, -0.15) is 0 Å². The highest BCUT2D eigenvalue weighted by Crippen LogP contribution is 2.24. The number of hydrogen-bond donors (Lipinski definition) is 1. The number of Topliss-reactive ketones (excluding diaryl/α,β-unsaturated/α-hetero) is 1. The van der Waals surface area contributed by atoms with Crippen molar-refractivity contribution in [2.75, 3.05) is 5.73 Å². The van der Waals surface area contributed by atoms with E-state index in [9.17, 15) is 4.79 Å². The molecule has 2 aromatic rings. The van der Waals surface area contributed by atoms with Gasteiger partial charge in [0.1, 0.15) is 0 Å². The highest BCUT2D eigenvalue weighted by Gasteiger charge is 2.12. The van der Waals surface area contributed by atoms with E-state index in [4.69, 9.17) is 5.73 Å². The van der Waals surface area contributed by atoms with E-state index < -0.39 is 0 Å². The van der Waals surface area contributed by atoms with Gasteiger partial charge in [-0.05, 0) is 48.7 Å². The minimum Gasteiger partial charge on any atom is -0.398 e. The van der Waals surface area contributed by atoms with Crippen molar-refractivity contribution in [3.8, 4) is 0 Å². The van der Waals surface area contributed by atoms with Crippen molar-refractivity contribution >= 4 is 27.4 Å². The summed E-state index contributed by atoms with van der Waals surface area (Å²) < 4.78 is 0.971. The molecule has 0 heterocycles. The second kappa shape index (κ2) is 5.57. The predicted molar refractivity (Wildman–Crippen MR) is 82.5 cm³/mol. The number of rotatable bonds is 3. The molecular weight excluding hydrogens is 302 g/mol. The third-order valence-corrected chi connectivity index (χ3v) is 4.01. The normalized spacial score (nSPS) is 10.5. The van der Waals surface area contributed by atoms with E-state index in [0.717, 1.165) is 10.0 Å². The van der Waals surface area contributed by atoms with Gasteiger partial charge in [0.2, 0.25) is 0 Å². The Kier molecular flexibility index (Phi) is 4.05. The van der Waals surface area contributed by atoms with Crippen molar-refractivity contribution in [2.24, 2.45) is 0 Å². The molecular formula is C16H16BrNO. The number of anilines is 1. The van der Waals surface area contributed by atoms with Crippen molar-refractivity contribution in [3.63, 3.8) is 0 Å². The quantitative estimate of drug-likeness (QED) is 0.685. The lowest BCUT2D eigenvalue weighted by atomic mass is 9.99. The first kappa shape index (κ1) is 13.8. The predicted octanol–water partition coefficient (Wildman–Crippen LogP) is 4.07. The number of carbonyl (C=O) groups excluding carboxylic acids is 1. The average molecular weight is 318 g/mol. The van der Waals surface area contributed by atoms with E-state index in [-0.39, 0.29) is 5.78 Å². The van der Waals surface area contributed by atoms with Crippen LogP contribution in [0.4, 0.5) is 5.69 Å². The number of para-hydroxylation sites is 1. The molecule has 0 radical (unpaired) electrons. The van der Waals surface area contributed by atoms with Gasteiger partial charge in [-0.1, -0.05) is 34.1 Å². The van der Waals surface area contributed by atoms with E-state index in [0.29, 0.717) is 17.7 Å². The molecule has 3 heteroatoms. The smallest absolute Gasteiger partial charge is 0.169 e. The summed E-state index contributed by atoms with van der Waals surface area (Å²) in [6, 6.07) is 11.3. The van der Waals surface area contributed by atoms with E-state index in [1.54, 1.807) is 12.1 Å². The molecule has 2 N–H and O–H groups in total. The topological polar surface area (TPSA) is 43.1 Å². The van der Waals surface area contributed by atoms with Crippen LogP contribution in [-0.4, -0.2) is 5.78 Å². The van der Waals surface area contributed by atoms with Crippen LogP contribution in [0.15, 0.2) is 40.9 Å². The zero-order valence-electron chi connectivity index (χ0n) is 11.0. The zero-order valence-corrected chi connectivity index (χ0v) is 12.6. The summed E-state index contributed by atoms with van der Waals surface area (Å²) in [5, 5.41) is 0. The fraction of sp³-hybridized carbons (Fsp3) is 0.188. The Morgan fingerprint density at radius 1 is 1.16 bits per heavy atom. The summed E-state index contributed by atoms with van der Waals surface area (Å²) >= 11 is 3.52. The van der Waals surface area contributed by atoms with Crippen LogP contribution >= 0.6 is 15.9 Å².